The van der Waals surface area contributed by atoms with Gasteiger partial charge in [-0.15, -0.1) is 0 Å². The zero-order valence-corrected chi connectivity index (χ0v) is 22.4. The number of nitrogens with zero attached hydrogens (tertiary/aromatic N) is 3. The number of anilines is 3. The van der Waals surface area contributed by atoms with Crippen molar-refractivity contribution in [2.24, 2.45) is 0 Å². The molecule has 5 rings (SSSR count). The van der Waals surface area contributed by atoms with Crippen LogP contribution in [0.4, 0.5) is 22.2 Å². The Hall–Kier alpha value is -3.81. The number of benzene rings is 2. The number of carbonyl (C=O) groups is 1. The maximum atomic E-state index is 12.6. The molecule has 0 radical (unpaired) electrons. The lowest BCUT2D eigenvalue weighted by Gasteiger charge is -2.30. The molecular weight excluding hydrogens is 476 g/mol. The van der Waals surface area contributed by atoms with Crippen molar-refractivity contribution < 1.29 is 9.53 Å². The van der Waals surface area contributed by atoms with Gasteiger partial charge in [0.05, 0.1) is 5.69 Å². The van der Waals surface area contributed by atoms with Gasteiger partial charge in [0.1, 0.15) is 18.2 Å². The number of hydrogen-bond donors (Lipinski definition) is 3. The second kappa shape index (κ2) is 12.2. The maximum absolute atomic E-state index is 12.6. The van der Waals surface area contributed by atoms with E-state index < -0.39 is 0 Å². The molecule has 0 saturated heterocycles. The summed E-state index contributed by atoms with van der Waals surface area (Å²) in [5.74, 6) is 2.55. The number of urea groups is 1. The van der Waals surface area contributed by atoms with Gasteiger partial charge in [0.2, 0.25) is 5.95 Å². The van der Waals surface area contributed by atoms with E-state index in [2.05, 4.69) is 34.9 Å². The van der Waals surface area contributed by atoms with Gasteiger partial charge in [0.25, 0.3) is 0 Å². The Kier molecular flexibility index (Phi) is 8.26. The fourth-order valence-corrected chi connectivity index (χ4v) is 5.30. The molecule has 1 aromatic heterocycles. The van der Waals surface area contributed by atoms with Crippen LogP contribution in [-0.2, 0) is 19.4 Å². The highest BCUT2D eigenvalue weighted by molar-refractivity contribution is 5.89. The molecule has 2 aliphatic carbocycles. The number of amides is 2. The number of rotatable bonds is 8. The van der Waals surface area contributed by atoms with E-state index in [0.29, 0.717) is 12.6 Å². The molecule has 200 valence electrons. The molecule has 0 aliphatic heterocycles. The molecule has 2 amide bonds. The summed E-state index contributed by atoms with van der Waals surface area (Å²) in [5.41, 5.74) is 4.36. The zero-order chi connectivity index (χ0) is 26.3. The van der Waals surface area contributed by atoms with E-state index in [0.717, 1.165) is 67.3 Å². The van der Waals surface area contributed by atoms with E-state index in [9.17, 15) is 4.79 Å². The lowest BCUT2D eigenvalue weighted by atomic mass is 9.91. The van der Waals surface area contributed by atoms with Crippen LogP contribution in [0.1, 0.15) is 55.3 Å². The highest BCUT2D eigenvalue weighted by Crippen LogP contribution is 2.29. The van der Waals surface area contributed by atoms with Crippen molar-refractivity contribution in [2.75, 3.05) is 29.6 Å². The van der Waals surface area contributed by atoms with Gasteiger partial charge in [0.15, 0.2) is 0 Å². The highest BCUT2D eigenvalue weighted by atomic mass is 16.5. The molecule has 1 saturated carbocycles. The van der Waals surface area contributed by atoms with Gasteiger partial charge in [-0.25, -0.2) is 9.78 Å². The molecule has 0 bridgehead atoms. The second-order valence-electron chi connectivity index (χ2n) is 10.5. The van der Waals surface area contributed by atoms with Crippen molar-refractivity contribution >= 4 is 23.5 Å². The summed E-state index contributed by atoms with van der Waals surface area (Å²) < 4.78 is 5.83. The Morgan fingerprint density at radius 1 is 0.921 bits per heavy atom. The van der Waals surface area contributed by atoms with Crippen LogP contribution in [0.5, 0.6) is 5.75 Å². The molecule has 8 heteroatoms. The fraction of sp³-hybridized carbons (Fsp3) is 0.433. The molecule has 0 spiro atoms. The minimum Gasteiger partial charge on any atom is -0.489 e. The van der Waals surface area contributed by atoms with Crippen LogP contribution in [0.2, 0.25) is 0 Å². The number of nitrogens with one attached hydrogen (secondary N) is 3. The van der Waals surface area contributed by atoms with E-state index in [1.807, 2.05) is 54.6 Å². The van der Waals surface area contributed by atoms with Crippen molar-refractivity contribution in [3.63, 3.8) is 0 Å². The maximum Gasteiger partial charge on any atom is 0.319 e. The molecule has 3 aromatic rings. The Bertz CT molecular complexity index is 1210. The first-order valence-corrected chi connectivity index (χ1v) is 13.7. The first-order valence-electron chi connectivity index (χ1n) is 13.7. The summed E-state index contributed by atoms with van der Waals surface area (Å²) in [5, 5.41) is 9.65. The average molecular weight is 515 g/mol. The summed E-state index contributed by atoms with van der Waals surface area (Å²) in [6.45, 7) is 0.515. The zero-order valence-electron chi connectivity index (χ0n) is 22.4. The molecule has 38 heavy (non-hydrogen) atoms. The third-order valence-electron chi connectivity index (χ3n) is 7.34. The van der Waals surface area contributed by atoms with Gasteiger partial charge in [-0.2, -0.15) is 4.98 Å². The van der Waals surface area contributed by atoms with E-state index in [-0.39, 0.29) is 12.1 Å². The van der Waals surface area contributed by atoms with Crippen molar-refractivity contribution in [3.8, 4) is 5.75 Å². The lowest BCUT2D eigenvalue weighted by Crippen LogP contribution is -2.42. The molecule has 2 aromatic carbocycles. The summed E-state index contributed by atoms with van der Waals surface area (Å²) in [6.07, 6.45) is 8.28. The van der Waals surface area contributed by atoms with E-state index in [1.165, 1.54) is 24.1 Å². The Balaban J connectivity index is 1.07. The predicted octanol–water partition coefficient (Wildman–Crippen LogP) is 5.55. The van der Waals surface area contributed by atoms with E-state index in [4.69, 9.17) is 14.7 Å². The van der Waals surface area contributed by atoms with Crippen LogP contribution in [0.25, 0.3) is 0 Å². The Labute approximate surface area is 225 Å². The molecule has 3 N–H and O–H groups in total. The van der Waals surface area contributed by atoms with Gasteiger partial charge in [0, 0.05) is 37.4 Å². The van der Waals surface area contributed by atoms with E-state index >= 15 is 0 Å². The largest absolute Gasteiger partial charge is 0.489 e. The molecule has 1 heterocycles. The second-order valence-corrected chi connectivity index (χ2v) is 10.5. The fourth-order valence-electron chi connectivity index (χ4n) is 5.30. The lowest BCUT2D eigenvalue weighted by molar-refractivity contribution is 0.243. The molecule has 2 aliphatic rings. The van der Waals surface area contributed by atoms with Crippen molar-refractivity contribution in [1.82, 2.24) is 15.3 Å². The smallest absolute Gasteiger partial charge is 0.319 e. The average Bonchev–Trinajstić information content (AvgIpc) is 2.94. The van der Waals surface area contributed by atoms with E-state index in [1.54, 1.807) is 0 Å². The van der Waals surface area contributed by atoms with Gasteiger partial charge in [-0.05, 0) is 81.2 Å². The van der Waals surface area contributed by atoms with Crippen LogP contribution in [0.15, 0.2) is 54.6 Å². The minimum absolute atomic E-state index is 0.156. The number of aryl methyl sites for hydroxylation is 1. The van der Waals surface area contributed by atoms with Gasteiger partial charge in [-0.1, -0.05) is 30.3 Å². The highest BCUT2D eigenvalue weighted by Gasteiger charge is 2.25. The van der Waals surface area contributed by atoms with Gasteiger partial charge >= 0.3 is 6.03 Å². The van der Waals surface area contributed by atoms with Crippen LogP contribution in [-0.4, -0.2) is 42.2 Å². The minimum atomic E-state index is -0.173. The summed E-state index contributed by atoms with van der Waals surface area (Å²) in [7, 11) is 4.11. The molecule has 0 atom stereocenters. The summed E-state index contributed by atoms with van der Waals surface area (Å²) in [4.78, 5) is 24.4. The molecule has 1 fully saturated rings. The number of aromatic nitrogens is 2. The molecule has 0 unspecified atom stereocenters. The number of ether oxygens (including phenoxy) is 1. The number of fused-ring (bicyclic) bond motifs is 1. The third kappa shape index (κ3) is 6.73. The Morgan fingerprint density at radius 2 is 1.63 bits per heavy atom. The first-order chi connectivity index (χ1) is 18.5. The van der Waals surface area contributed by atoms with Crippen LogP contribution in [0, 0.1) is 0 Å². The first kappa shape index (κ1) is 25.8. The number of carbonyl (C=O) groups excluding carboxylic acids is 1. The van der Waals surface area contributed by atoms with Crippen molar-refractivity contribution in [3.05, 3.63) is 71.4 Å². The molecular formula is C30H38N6O2. The van der Waals surface area contributed by atoms with Crippen LogP contribution >= 0.6 is 0 Å². The normalized spacial score (nSPS) is 18.7. The monoisotopic (exact) mass is 514 g/mol. The van der Waals surface area contributed by atoms with Gasteiger partial charge < -0.3 is 25.6 Å². The quantitative estimate of drug-likeness (QED) is 0.365. The number of hydrogen-bond acceptors (Lipinski definition) is 6. The van der Waals surface area contributed by atoms with Gasteiger partial charge in [-0.3, -0.25) is 0 Å². The summed E-state index contributed by atoms with van der Waals surface area (Å²) >= 11 is 0. The third-order valence-corrected chi connectivity index (χ3v) is 7.34. The Morgan fingerprint density at radius 3 is 2.37 bits per heavy atom. The van der Waals surface area contributed by atoms with Crippen LogP contribution in [0.3, 0.4) is 0 Å². The SMILES string of the molecule is CN(C)c1nc(NC2CCC(NC(=O)Nc3ccc(OCc4ccccc4)cc3)CC2)nc2c1CCCC2. The standard InChI is InChI=1S/C30H38N6O2/c1-36(2)28-26-10-6-7-11-27(26)34-29(35-28)31-22-12-14-23(15-13-22)32-30(37)33-24-16-18-25(19-17-24)38-20-21-8-4-3-5-9-21/h3-5,8-9,16-19,22-23H,6-7,10-15,20H2,1-2H3,(H,31,34,35)(H2,32,33,37). The predicted molar refractivity (Wildman–Crippen MR) is 152 cm³/mol. The van der Waals surface area contributed by atoms with Crippen molar-refractivity contribution in [2.45, 2.75) is 70.1 Å². The summed E-state index contributed by atoms with van der Waals surface area (Å²) in [6, 6.07) is 17.8. The topological polar surface area (TPSA) is 91.4 Å². The van der Waals surface area contributed by atoms with Crippen LogP contribution < -0.4 is 25.6 Å². The molecule has 8 nitrogen and oxygen atoms in total. The van der Waals surface area contributed by atoms with Crippen molar-refractivity contribution in [1.29, 1.82) is 0 Å².